The second kappa shape index (κ2) is 5.47. The van der Waals surface area contributed by atoms with Crippen LogP contribution in [0.2, 0.25) is 0 Å². The molecule has 1 saturated heterocycles. The van der Waals surface area contributed by atoms with Gasteiger partial charge in [0.25, 0.3) is 0 Å². The molecule has 0 bridgehead atoms. The fourth-order valence-corrected chi connectivity index (χ4v) is 1.80. The van der Waals surface area contributed by atoms with Crippen LogP contribution in [0.1, 0.15) is 20.8 Å². The summed E-state index contributed by atoms with van der Waals surface area (Å²) in [5.74, 6) is 1.19. The van der Waals surface area contributed by atoms with E-state index in [9.17, 15) is 4.79 Å². The van der Waals surface area contributed by atoms with Crippen molar-refractivity contribution < 1.29 is 14.3 Å². The number of hydrogen-bond acceptors (Lipinski definition) is 4. The van der Waals surface area contributed by atoms with E-state index >= 15 is 0 Å². The lowest BCUT2D eigenvalue weighted by atomic mass is 10.0. The van der Waals surface area contributed by atoms with Crippen molar-refractivity contribution in [3.63, 3.8) is 0 Å². The zero-order valence-corrected chi connectivity index (χ0v) is 11.6. The van der Waals surface area contributed by atoms with Gasteiger partial charge < -0.3 is 14.4 Å². The van der Waals surface area contributed by atoms with Crippen LogP contribution in [0.4, 0.5) is 4.79 Å². The molecule has 0 aliphatic carbocycles. The van der Waals surface area contributed by atoms with Gasteiger partial charge in [0.15, 0.2) is 0 Å². The fraction of sp³-hybridized carbons (Fsp3) is 0.571. The SMILES string of the molecule is CC(C)(C)OC(=O)N1CC(COc2ccncc2)C1. The first-order chi connectivity index (χ1) is 8.94. The van der Waals surface area contributed by atoms with E-state index in [-0.39, 0.29) is 6.09 Å². The molecule has 104 valence electrons. The van der Waals surface area contributed by atoms with Gasteiger partial charge in [-0.15, -0.1) is 0 Å². The number of amides is 1. The number of aromatic nitrogens is 1. The smallest absolute Gasteiger partial charge is 0.410 e. The standard InChI is InChI=1S/C14H20N2O3/c1-14(2,3)19-13(17)16-8-11(9-16)10-18-12-4-6-15-7-5-12/h4-7,11H,8-10H2,1-3H3. The van der Waals surface area contributed by atoms with Crippen LogP contribution >= 0.6 is 0 Å². The molecule has 2 rings (SSSR count). The van der Waals surface area contributed by atoms with Crippen molar-refractivity contribution in [3.05, 3.63) is 24.5 Å². The Morgan fingerprint density at radius 3 is 2.58 bits per heavy atom. The van der Waals surface area contributed by atoms with Gasteiger partial charge in [0.1, 0.15) is 11.4 Å². The maximum absolute atomic E-state index is 11.7. The monoisotopic (exact) mass is 264 g/mol. The number of hydrogen-bond donors (Lipinski definition) is 0. The van der Waals surface area contributed by atoms with Crippen LogP contribution < -0.4 is 4.74 Å². The predicted molar refractivity (Wildman–Crippen MR) is 71.0 cm³/mol. The Hall–Kier alpha value is -1.78. The average molecular weight is 264 g/mol. The highest BCUT2D eigenvalue weighted by Gasteiger charge is 2.33. The Bertz CT molecular complexity index is 422. The van der Waals surface area contributed by atoms with E-state index in [0.717, 1.165) is 5.75 Å². The highest BCUT2D eigenvalue weighted by atomic mass is 16.6. The Morgan fingerprint density at radius 1 is 1.37 bits per heavy atom. The number of ether oxygens (including phenoxy) is 2. The Kier molecular flexibility index (Phi) is 3.93. The summed E-state index contributed by atoms with van der Waals surface area (Å²) >= 11 is 0. The molecule has 1 aromatic rings. The van der Waals surface area contributed by atoms with Gasteiger partial charge in [-0.3, -0.25) is 4.98 Å². The Morgan fingerprint density at radius 2 is 2.00 bits per heavy atom. The molecule has 0 spiro atoms. The summed E-state index contributed by atoms with van der Waals surface area (Å²) in [6.45, 7) is 7.61. The quantitative estimate of drug-likeness (QED) is 0.840. The minimum atomic E-state index is -0.435. The molecule has 1 aliphatic rings. The van der Waals surface area contributed by atoms with Crippen LogP contribution in [0.5, 0.6) is 5.75 Å². The summed E-state index contributed by atoms with van der Waals surface area (Å²) in [6, 6.07) is 3.65. The topological polar surface area (TPSA) is 51.7 Å². The van der Waals surface area contributed by atoms with E-state index in [2.05, 4.69) is 4.98 Å². The first-order valence-corrected chi connectivity index (χ1v) is 6.45. The van der Waals surface area contributed by atoms with Gasteiger partial charge in [0.05, 0.1) is 6.61 Å². The van der Waals surface area contributed by atoms with E-state index in [0.29, 0.717) is 25.6 Å². The molecule has 1 aromatic heterocycles. The zero-order valence-electron chi connectivity index (χ0n) is 11.6. The van der Waals surface area contributed by atoms with Gasteiger partial charge in [-0.25, -0.2) is 4.79 Å². The number of carbonyl (C=O) groups is 1. The van der Waals surface area contributed by atoms with E-state index in [1.54, 1.807) is 17.3 Å². The minimum absolute atomic E-state index is 0.243. The molecule has 1 amide bonds. The number of likely N-dealkylation sites (tertiary alicyclic amines) is 1. The van der Waals surface area contributed by atoms with Gasteiger partial charge in [0.2, 0.25) is 0 Å². The summed E-state index contributed by atoms with van der Waals surface area (Å²) in [7, 11) is 0. The maximum Gasteiger partial charge on any atom is 0.410 e. The molecule has 0 radical (unpaired) electrons. The maximum atomic E-state index is 11.7. The second-order valence-electron chi connectivity index (χ2n) is 5.75. The lowest BCUT2D eigenvalue weighted by Gasteiger charge is -2.39. The molecule has 5 nitrogen and oxygen atoms in total. The Balaban J connectivity index is 1.68. The second-order valence-corrected chi connectivity index (χ2v) is 5.75. The summed E-state index contributed by atoms with van der Waals surface area (Å²) in [4.78, 5) is 17.3. The minimum Gasteiger partial charge on any atom is -0.493 e. The van der Waals surface area contributed by atoms with Gasteiger partial charge in [-0.2, -0.15) is 0 Å². The number of pyridine rings is 1. The first kappa shape index (κ1) is 13.6. The molecule has 1 fully saturated rings. The Labute approximate surface area is 113 Å². The molecule has 19 heavy (non-hydrogen) atoms. The predicted octanol–water partition coefficient (Wildman–Crippen LogP) is 2.33. The van der Waals surface area contributed by atoms with Gasteiger partial charge in [0, 0.05) is 31.4 Å². The highest BCUT2D eigenvalue weighted by Crippen LogP contribution is 2.20. The van der Waals surface area contributed by atoms with Gasteiger partial charge >= 0.3 is 6.09 Å². The van der Waals surface area contributed by atoms with Crippen molar-refractivity contribution >= 4 is 6.09 Å². The van der Waals surface area contributed by atoms with Crippen LogP contribution in [0.3, 0.4) is 0 Å². The third-order valence-corrected chi connectivity index (χ3v) is 2.74. The van der Waals surface area contributed by atoms with Gasteiger partial charge in [-0.05, 0) is 32.9 Å². The van der Waals surface area contributed by atoms with E-state index in [4.69, 9.17) is 9.47 Å². The van der Waals surface area contributed by atoms with Crippen LogP contribution in [0.25, 0.3) is 0 Å². The lowest BCUT2D eigenvalue weighted by Crippen LogP contribution is -2.53. The van der Waals surface area contributed by atoms with Crippen molar-refractivity contribution in [3.8, 4) is 5.75 Å². The van der Waals surface area contributed by atoms with Crippen LogP contribution in [-0.2, 0) is 4.74 Å². The highest BCUT2D eigenvalue weighted by molar-refractivity contribution is 5.69. The summed E-state index contributed by atoms with van der Waals surface area (Å²) in [6.07, 6.45) is 3.15. The van der Waals surface area contributed by atoms with E-state index in [1.165, 1.54) is 0 Å². The third-order valence-electron chi connectivity index (χ3n) is 2.74. The summed E-state index contributed by atoms with van der Waals surface area (Å²) in [5.41, 5.74) is -0.435. The fourth-order valence-electron chi connectivity index (χ4n) is 1.80. The zero-order chi connectivity index (χ0) is 13.9. The molecule has 1 aliphatic heterocycles. The molecule has 0 unspecified atom stereocenters. The van der Waals surface area contributed by atoms with Crippen molar-refractivity contribution in [2.45, 2.75) is 26.4 Å². The van der Waals surface area contributed by atoms with Crippen molar-refractivity contribution in [2.75, 3.05) is 19.7 Å². The van der Waals surface area contributed by atoms with Crippen molar-refractivity contribution in [1.82, 2.24) is 9.88 Å². The van der Waals surface area contributed by atoms with Crippen molar-refractivity contribution in [2.24, 2.45) is 5.92 Å². The normalized spacial score (nSPS) is 15.8. The molecule has 5 heteroatoms. The molecular weight excluding hydrogens is 244 g/mol. The molecule has 2 heterocycles. The molecule has 0 saturated carbocycles. The average Bonchev–Trinajstić information content (AvgIpc) is 2.25. The molecular formula is C14H20N2O3. The molecule has 0 N–H and O–H groups in total. The first-order valence-electron chi connectivity index (χ1n) is 6.45. The van der Waals surface area contributed by atoms with Crippen molar-refractivity contribution in [1.29, 1.82) is 0 Å². The lowest BCUT2D eigenvalue weighted by molar-refractivity contribution is -0.00781. The van der Waals surface area contributed by atoms with Crippen LogP contribution in [-0.4, -0.2) is 41.3 Å². The van der Waals surface area contributed by atoms with E-state index in [1.807, 2.05) is 32.9 Å². The summed E-state index contributed by atoms with van der Waals surface area (Å²) < 4.78 is 10.9. The largest absolute Gasteiger partial charge is 0.493 e. The number of rotatable bonds is 3. The third kappa shape index (κ3) is 4.12. The molecule has 0 aromatic carbocycles. The van der Waals surface area contributed by atoms with Gasteiger partial charge in [-0.1, -0.05) is 0 Å². The summed E-state index contributed by atoms with van der Waals surface area (Å²) in [5, 5.41) is 0. The number of nitrogens with zero attached hydrogens (tertiary/aromatic N) is 2. The van der Waals surface area contributed by atoms with E-state index < -0.39 is 5.60 Å². The number of carbonyl (C=O) groups excluding carboxylic acids is 1. The molecule has 0 atom stereocenters. The van der Waals surface area contributed by atoms with Crippen LogP contribution in [0, 0.1) is 5.92 Å². The van der Waals surface area contributed by atoms with Crippen LogP contribution in [0.15, 0.2) is 24.5 Å².